The summed E-state index contributed by atoms with van der Waals surface area (Å²) >= 11 is 5.95. The standard InChI is InChI=1S/C16H13ClF3N3O3/c1-3-6-21-14(25)10-7-9(4-5-11(10)17)23-13(24)8-12(16(18,19)20)22(2)15(23)26/h3-5,7-8H,1,6H2,2H3,(H,21,25). The van der Waals surface area contributed by atoms with E-state index >= 15 is 0 Å². The van der Waals surface area contributed by atoms with Crippen molar-refractivity contribution in [3.8, 4) is 5.69 Å². The third kappa shape index (κ3) is 3.72. The summed E-state index contributed by atoms with van der Waals surface area (Å²) in [6, 6.07) is 3.98. The van der Waals surface area contributed by atoms with Gasteiger partial charge in [-0.25, -0.2) is 9.36 Å². The van der Waals surface area contributed by atoms with E-state index in [1.165, 1.54) is 18.2 Å². The van der Waals surface area contributed by atoms with Gasteiger partial charge in [-0.1, -0.05) is 17.7 Å². The van der Waals surface area contributed by atoms with Crippen molar-refractivity contribution in [2.24, 2.45) is 7.05 Å². The highest BCUT2D eigenvalue weighted by Gasteiger charge is 2.35. The number of hydrogen-bond donors (Lipinski definition) is 1. The number of rotatable bonds is 4. The smallest absolute Gasteiger partial charge is 0.349 e. The number of carbonyl (C=O) groups excluding carboxylic acids is 1. The van der Waals surface area contributed by atoms with E-state index in [2.05, 4.69) is 11.9 Å². The van der Waals surface area contributed by atoms with Crippen molar-refractivity contribution in [2.75, 3.05) is 6.54 Å². The Kier molecular flexibility index (Phi) is 5.41. The molecule has 1 aromatic heterocycles. The van der Waals surface area contributed by atoms with Gasteiger partial charge in [-0.2, -0.15) is 13.2 Å². The Bertz CT molecular complexity index is 993. The molecular weight excluding hydrogens is 375 g/mol. The fourth-order valence-electron chi connectivity index (χ4n) is 2.22. The molecule has 6 nitrogen and oxygen atoms in total. The fourth-order valence-corrected chi connectivity index (χ4v) is 2.43. The van der Waals surface area contributed by atoms with Crippen LogP contribution in [0.2, 0.25) is 5.02 Å². The lowest BCUT2D eigenvalue weighted by Gasteiger charge is -2.14. The van der Waals surface area contributed by atoms with Crippen molar-refractivity contribution in [2.45, 2.75) is 6.18 Å². The van der Waals surface area contributed by atoms with Crippen molar-refractivity contribution in [1.82, 2.24) is 14.5 Å². The van der Waals surface area contributed by atoms with Gasteiger partial charge in [0.15, 0.2) is 0 Å². The van der Waals surface area contributed by atoms with Crippen LogP contribution < -0.4 is 16.6 Å². The molecule has 0 bridgehead atoms. The quantitative estimate of drug-likeness (QED) is 0.817. The molecule has 138 valence electrons. The zero-order valence-electron chi connectivity index (χ0n) is 13.4. The molecule has 0 aliphatic rings. The van der Waals surface area contributed by atoms with Crippen LogP contribution in [-0.4, -0.2) is 21.6 Å². The normalized spacial score (nSPS) is 11.3. The minimum absolute atomic E-state index is 0.0418. The molecule has 0 saturated heterocycles. The molecule has 26 heavy (non-hydrogen) atoms. The third-order valence-corrected chi connectivity index (χ3v) is 3.80. The number of carbonyl (C=O) groups is 1. The van der Waals surface area contributed by atoms with Gasteiger partial charge in [-0.05, 0) is 18.2 Å². The van der Waals surface area contributed by atoms with E-state index < -0.39 is 29.0 Å². The molecule has 1 aromatic carbocycles. The Morgan fingerprint density at radius 1 is 1.31 bits per heavy atom. The number of alkyl halides is 3. The molecule has 0 radical (unpaired) electrons. The number of nitrogens with one attached hydrogen (secondary N) is 1. The van der Waals surface area contributed by atoms with E-state index in [0.717, 1.165) is 13.1 Å². The van der Waals surface area contributed by atoms with Gasteiger partial charge in [-0.3, -0.25) is 14.2 Å². The Hall–Kier alpha value is -2.81. The first-order chi connectivity index (χ1) is 12.1. The molecule has 0 unspecified atom stereocenters. The third-order valence-electron chi connectivity index (χ3n) is 3.47. The first-order valence-electron chi connectivity index (χ1n) is 7.17. The molecule has 0 atom stereocenters. The molecule has 0 aliphatic carbocycles. The first kappa shape index (κ1) is 19.5. The summed E-state index contributed by atoms with van der Waals surface area (Å²) in [4.78, 5) is 36.4. The molecule has 2 aromatic rings. The maximum atomic E-state index is 12.9. The van der Waals surface area contributed by atoms with E-state index in [4.69, 9.17) is 11.6 Å². The van der Waals surface area contributed by atoms with Crippen LogP contribution in [-0.2, 0) is 13.2 Å². The van der Waals surface area contributed by atoms with E-state index in [-0.39, 0.29) is 22.8 Å². The van der Waals surface area contributed by atoms with Gasteiger partial charge in [-0.15, -0.1) is 6.58 Å². The van der Waals surface area contributed by atoms with Crippen LogP contribution >= 0.6 is 11.6 Å². The van der Waals surface area contributed by atoms with Crippen LogP contribution in [0.15, 0.2) is 46.5 Å². The Morgan fingerprint density at radius 2 is 1.96 bits per heavy atom. The average Bonchev–Trinajstić information content (AvgIpc) is 2.56. The summed E-state index contributed by atoms with van der Waals surface area (Å²) in [5.41, 5.74) is -3.89. The van der Waals surface area contributed by atoms with Gasteiger partial charge >= 0.3 is 11.9 Å². The van der Waals surface area contributed by atoms with E-state index in [1.54, 1.807) is 0 Å². The molecule has 0 fully saturated rings. The summed E-state index contributed by atoms with van der Waals surface area (Å²) in [7, 11) is 0.898. The molecule has 1 amide bonds. The number of benzene rings is 1. The largest absolute Gasteiger partial charge is 0.431 e. The lowest BCUT2D eigenvalue weighted by Crippen LogP contribution is -2.40. The summed E-state index contributed by atoms with van der Waals surface area (Å²) in [6.07, 6.45) is -3.42. The maximum absolute atomic E-state index is 12.9. The lowest BCUT2D eigenvalue weighted by atomic mass is 10.1. The van der Waals surface area contributed by atoms with Crippen LogP contribution in [0.5, 0.6) is 0 Å². The fraction of sp³-hybridized carbons (Fsp3) is 0.188. The van der Waals surface area contributed by atoms with Gasteiger partial charge in [0, 0.05) is 19.7 Å². The van der Waals surface area contributed by atoms with E-state index in [0.29, 0.717) is 15.2 Å². The molecule has 1 N–H and O–H groups in total. The second kappa shape index (κ2) is 7.20. The SMILES string of the molecule is C=CCNC(=O)c1cc(-n2c(=O)cc(C(F)(F)F)n(C)c2=O)ccc1Cl. The molecule has 0 saturated carbocycles. The molecule has 10 heteroatoms. The van der Waals surface area contributed by atoms with Crippen molar-refractivity contribution in [3.05, 3.63) is 74.0 Å². The topological polar surface area (TPSA) is 73.1 Å². The van der Waals surface area contributed by atoms with Gasteiger partial charge < -0.3 is 5.32 Å². The summed E-state index contributed by atoms with van der Waals surface area (Å²) in [6.45, 7) is 3.60. The first-order valence-corrected chi connectivity index (χ1v) is 7.55. The maximum Gasteiger partial charge on any atom is 0.431 e. The highest BCUT2D eigenvalue weighted by Crippen LogP contribution is 2.27. The van der Waals surface area contributed by atoms with E-state index in [9.17, 15) is 27.6 Å². The van der Waals surface area contributed by atoms with Gasteiger partial charge in [0.1, 0.15) is 5.69 Å². The zero-order valence-corrected chi connectivity index (χ0v) is 14.2. The van der Waals surface area contributed by atoms with Gasteiger partial charge in [0.2, 0.25) is 0 Å². The lowest BCUT2D eigenvalue weighted by molar-refractivity contribution is -0.144. The van der Waals surface area contributed by atoms with Gasteiger partial charge in [0.05, 0.1) is 16.3 Å². The average molecular weight is 388 g/mol. The van der Waals surface area contributed by atoms with Crippen LogP contribution in [0, 0.1) is 0 Å². The highest BCUT2D eigenvalue weighted by molar-refractivity contribution is 6.33. The van der Waals surface area contributed by atoms with Crippen LogP contribution in [0.3, 0.4) is 0 Å². The Balaban J connectivity index is 2.65. The predicted octanol–water partition coefficient (Wildman–Crippen LogP) is 2.12. The second-order valence-electron chi connectivity index (χ2n) is 5.21. The van der Waals surface area contributed by atoms with Crippen molar-refractivity contribution in [3.63, 3.8) is 0 Å². The summed E-state index contributed by atoms with van der Waals surface area (Å²) < 4.78 is 39.5. The minimum Gasteiger partial charge on any atom is -0.349 e. The Labute approximate surface area is 150 Å². The van der Waals surface area contributed by atoms with Gasteiger partial charge in [0.25, 0.3) is 11.5 Å². The van der Waals surface area contributed by atoms with Crippen molar-refractivity contribution in [1.29, 1.82) is 0 Å². The zero-order chi connectivity index (χ0) is 19.6. The number of aromatic nitrogens is 2. The monoisotopic (exact) mass is 387 g/mol. The molecule has 2 rings (SSSR count). The van der Waals surface area contributed by atoms with E-state index in [1.807, 2.05) is 0 Å². The Morgan fingerprint density at radius 3 is 2.54 bits per heavy atom. The minimum atomic E-state index is -4.86. The second-order valence-corrected chi connectivity index (χ2v) is 5.61. The van der Waals surface area contributed by atoms with Crippen LogP contribution in [0.25, 0.3) is 5.69 Å². The molecule has 0 aliphatic heterocycles. The molecule has 1 heterocycles. The molecular formula is C16H13ClF3N3O3. The number of hydrogen-bond acceptors (Lipinski definition) is 3. The van der Waals surface area contributed by atoms with Crippen molar-refractivity contribution >= 4 is 17.5 Å². The summed E-state index contributed by atoms with van der Waals surface area (Å²) in [5, 5.41) is 2.53. The summed E-state index contributed by atoms with van der Waals surface area (Å²) in [5.74, 6) is -0.589. The number of halogens is 4. The number of nitrogens with zero attached hydrogens (tertiary/aromatic N) is 2. The predicted molar refractivity (Wildman–Crippen MR) is 89.8 cm³/mol. The van der Waals surface area contributed by atoms with Crippen molar-refractivity contribution < 1.29 is 18.0 Å². The molecule has 0 spiro atoms. The highest BCUT2D eigenvalue weighted by atomic mass is 35.5. The number of amides is 1. The van der Waals surface area contributed by atoms with Crippen LogP contribution in [0.4, 0.5) is 13.2 Å². The van der Waals surface area contributed by atoms with Crippen LogP contribution in [0.1, 0.15) is 16.1 Å².